The highest BCUT2D eigenvalue weighted by Gasteiger charge is 2.47. The summed E-state index contributed by atoms with van der Waals surface area (Å²) < 4.78 is 34.3. The van der Waals surface area contributed by atoms with Crippen molar-refractivity contribution in [3.8, 4) is 0 Å². The molecule has 0 saturated heterocycles. The third-order valence-electron chi connectivity index (χ3n) is 4.55. The van der Waals surface area contributed by atoms with E-state index in [2.05, 4.69) is 10.3 Å². The van der Waals surface area contributed by atoms with Crippen molar-refractivity contribution in [2.75, 3.05) is 13.2 Å². The summed E-state index contributed by atoms with van der Waals surface area (Å²) in [7, 11) is 0. The Bertz CT molecular complexity index is 836. The number of amides is 1. The number of fused-ring (bicyclic) bond motifs is 1. The first-order valence-electron chi connectivity index (χ1n) is 8.54. The number of aromatic nitrogens is 1. The molecule has 2 N–H and O–H groups in total. The average molecular weight is 397 g/mol. The fourth-order valence-corrected chi connectivity index (χ4v) is 3.42. The van der Waals surface area contributed by atoms with Crippen LogP contribution >= 0.6 is 11.6 Å². The second-order valence-electron chi connectivity index (χ2n) is 6.28. The zero-order chi connectivity index (χ0) is 19.4. The lowest BCUT2D eigenvalue weighted by atomic mass is 9.80. The number of rotatable bonds is 6. The SMILES string of the molecule is O=C(NCc1ccc(F)cc1Cl)C1(F)CCC(OCCO)c2ncccc21. The van der Waals surface area contributed by atoms with Crippen LogP contribution in [0, 0.1) is 5.82 Å². The molecule has 0 fully saturated rings. The van der Waals surface area contributed by atoms with Gasteiger partial charge in [0.15, 0.2) is 0 Å². The fraction of sp³-hybridized carbons (Fsp3) is 0.368. The van der Waals surface area contributed by atoms with Crippen LogP contribution in [0.3, 0.4) is 0 Å². The number of pyridine rings is 1. The van der Waals surface area contributed by atoms with Crippen LogP contribution in [-0.4, -0.2) is 29.2 Å². The number of hydrogen-bond donors (Lipinski definition) is 2. The molecule has 8 heteroatoms. The number of halogens is 3. The third kappa shape index (κ3) is 4.10. The van der Waals surface area contributed by atoms with Gasteiger partial charge in [0.05, 0.1) is 18.9 Å². The Morgan fingerprint density at radius 3 is 3.00 bits per heavy atom. The molecule has 1 aromatic carbocycles. The highest BCUT2D eigenvalue weighted by Crippen LogP contribution is 2.43. The number of nitrogens with zero attached hydrogens (tertiary/aromatic N) is 1. The summed E-state index contributed by atoms with van der Waals surface area (Å²) >= 11 is 5.95. The van der Waals surface area contributed by atoms with E-state index >= 15 is 4.39 Å². The average Bonchev–Trinajstić information content (AvgIpc) is 2.67. The zero-order valence-corrected chi connectivity index (χ0v) is 15.2. The van der Waals surface area contributed by atoms with Gasteiger partial charge in [-0.05, 0) is 36.6 Å². The van der Waals surface area contributed by atoms with Crippen molar-refractivity contribution in [3.63, 3.8) is 0 Å². The highest BCUT2D eigenvalue weighted by atomic mass is 35.5. The van der Waals surface area contributed by atoms with E-state index < -0.39 is 23.5 Å². The molecule has 0 spiro atoms. The summed E-state index contributed by atoms with van der Waals surface area (Å²) in [6.07, 6.45) is 1.21. The minimum Gasteiger partial charge on any atom is -0.394 e. The molecule has 1 aliphatic carbocycles. The minimum absolute atomic E-state index is 0.0242. The molecule has 0 saturated carbocycles. The van der Waals surface area contributed by atoms with E-state index in [4.69, 9.17) is 21.4 Å². The molecule has 5 nitrogen and oxygen atoms in total. The van der Waals surface area contributed by atoms with Crippen LogP contribution in [0.1, 0.15) is 35.8 Å². The van der Waals surface area contributed by atoms with E-state index in [0.717, 1.165) is 6.07 Å². The van der Waals surface area contributed by atoms with Gasteiger partial charge >= 0.3 is 0 Å². The number of carbonyl (C=O) groups excluding carboxylic acids is 1. The van der Waals surface area contributed by atoms with Gasteiger partial charge < -0.3 is 15.2 Å². The normalized spacial score (nSPS) is 21.6. The lowest BCUT2D eigenvalue weighted by Gasteiger charge is -2.34. The smallest absolute Gasteiger partial charge is 0.262 e. The number of aliphatic hydroxyl groups is 1. The Morgan fingerprint density at radius 2 is 2.26 bits per heavy atom. The molecule has 144 valence electrons. The van der Waals surface area contributed by atoms with Gasteiger partial charge in [-0.2, -0.15) is 0 Å². The van der Waals surface area contributed by atoms with Gasteiger partial charge in [-0.25, -0.2) is 8.78 Å². The molecular formula is C19H19ClF2N2O3. The lowest BCUT2D eigenvalue weighted by Crippen LogP contribution is -2.44. The highest BCUT2D eigenvalue weighted by molar-refractivity contribution is 6.31. The van der Waals surface area contributed by atoms with Crippen molar-refractivity contribution in [3.05, 3.63) is 64.2 Å². The predicted octanol–water partition coefficient (Wildman–Crippen LogP) is 3.20. The molecule has 2 aromatic rings. The third-order valence-corrected chi connectivity index (χ3v) is 4.90. The summed E-state index contributed by atoms with van der Waals surface area (Å²) in [5.74, 6) is -1.30. The van der Waals surface area contributed by atoms with Gasteiger partial charge in [-0.15, -0.1) is 0 Å². The van der Waals surface area contributed by atoms with Crippen LogP contribution in [-0.2, 0) is 21.7 Å². The summed E-state index contributed by atoms with van der Waals surface area (Å²) in [4.78, 5) is 16.8. The molecule has 1 aromatic heterocycles. The molecule has 27 heavy (non-hydrogen) atoms. The van der Waals surface area contributed by atoms with Crippen molar-refractivity contribution in [2.45, 2.75) is 31.2 Å². The first kappa shape index (κ1) is 19.7. The first-order chi connectivity index (χ1) is 13.0. The second kappa shape index (κ2) is 8.29. The Morgan fingerprint density at radius 1 is 1.44 bits per heavy atom. The molecule has 0 aliphatic heterocycles. The molecule has 2 atom stereocenters. The Kier molecular flexibility index (Phi) is 6.04. The van der Waals surface area contributed by atoms with Crippen LogP contribution in [0.5, 0.6) is 0 Å². The monoisotopic (exact) mass is 396 g/mol. The fourth-order valence-electron chi connectivity index (χ4n) is 3.18. The Hall–Kier alpha value is -2.09. The minimum atomic E-state index is -2.25. The summed E-state index contributed by atoms with van der Waals surface area (Å²) in [6.45, 7) is -0.0722. The van der Waals surface area contributed by atoms with E-state index in [0.29, 0.717) is 11.3 Å². The maximum atomic E-state index is 15.7. The first-order valence-corrected chi connectivity index (χ1v) is 8.92. The van der Waals surface area contributed by atoms with Gasteiger partial charge in [0.25, 0.3) is 5.91 Å². The largest absolute Gasteiger partial charge is 0.394 e. The molecular weight excluding hydrogens is 378 g/mol. The quantitative estimate of drug-likeness (QED) is 0.786. The van der Waals surface area contributed by atoms with Crippen molar-refractivity contribution >= 4 is 17.5 Å². The number of alkyl halides is 1. The molecule has 1 aliphatic rings. The summed E-state index contributed by atoms with van der Waals surface area (Å²) in [5.41, 5.74) is -1.26. The van der Waals surface area contributed by atoms with Gasteiger partial charge in [-0.3, -0.25) is 9.78 Å². The molecule has 1 heterocycles. The maximum absolute atomic E-state index is 15.7. The van der Waals surface area contributed by atoms with E-state index in [9.17, 15) is 9.18 Å². The van der Waals surface area contributed by atoms with Crippen molar-refractivity contribution < 1.29 is 23.4 Å². The van der Waals surface area contributed by atoms with Crippen LogP contribution in [0.25, 0.3) is 0 Å². The number of nitrogens with one attached hydrogen (secondary N) is 1. The zero-order valence-electron chi connectivity index (χ0n) is 14.4. The Balaban J connectivity index is 1.79. The van der Waals surface area contributed by atoms with Crippen LogP contribution < -0.4 is 5.32 Å². The van der Waals surface area contributed by atoms with E-state index in [1.165, 1.54) is 24.4 Å². The van der Waals surface area contributed by atoms with Crippen molar-refractivity contribution in [2.24, 2.45) is 0 Å². The van der Waals surface area contributed by atoms with Gasteiger partial charge in [0, 0.05) is 23.3 Å². The molecule has 2 unspecified atom stereocenters. The maximum Gasteiger partial charge on any atom is 0.262 e. The molecule has 0 radical (unpaired) electrons. The Labute approximate surface area is 160 Å². The van der Waals surface area contributed by atoms with Gasteiger partial charge in [0.2, 0.25) is 5.67 Å². The number of hydrogen-bond acceptors (Lipinski definition) is 4. The van der Waals surface area contributed by atoms with Crippen molar-refractivity contribution in [1.82, 2.24) is 10.3 Å². The van der Waals surface area contributed by atoms with Gasteiger partial charge in [0.1, 0.15) is 11.9 Å². The summed E-state index contributed by atoms with van der Waals surface area (Å²) in [5, 5.41) is 11.6. The molecule has 1 amide bonds. The van der Waals surface area contributed by atoms with Crippen LogP contribution in [0.2, 0.25) is 5.02 Å². The predicted molar refractivity (Wildman–Crippen MR) is 95.3 cm³/mol. The van der Waals surface area contributed by atoms with E-state index in [1.807, 2.05) is 0 Å². The lowest BCUT2D eigenvalue weighted by molar-refractivity contribution is -0.136. The van der Waals surface area contributed by atoms with Crippen molar-refractivity contribution in [1.29, 1.82) is 0 Å². The summed E-state index contributed by atoms with van der Waals surface area (Å²) in [6, 6.07) is 6.88. The number of ether oxygens (including phenoxy) is 1. The van der Waals surface area contributed by atoms with Gasteiger partial charge in [-0.1, -0.05) is 23.7 Å². The number of benzene rings is 1. The molecule has 0 bridgehead atoms. The van der Waals surface area contributed by atoms with E-state index in [1.54, 1.807) is 6.07 Å². The topological polar surface area (TPSA) is 71.5 Å². The standard InChI is InChI=1S/C19H19ClF2N2O3/c20-15-10-13(21)4-3-12(15)11-24-18(26)19(22)6-5-16(27-9-8-25)17-14(19)2-1-7-23-17/h1-4,7,10,16,25H,5-6,8-9,11H2,(H,24,26). The van der Waals surface area contributed by atoms with Crippen LogP contribution in [0.15, 0.2) is 36.5 Å². The van der Waals surface area contributed by atoms with Crippen LogP contribution in [0.4, 0.5) is 8.78 Å². The molecule has 3 rings (SSSR count). The number of aliphatic hydroxyl groups excluding tert-OH is 1. The number of carbonyl (C=O) groups is 1. The van der Waals surface area contributed by atoms with E-state index in [-0.39, 0.29) is 43.2 Å². The second-order valence-corrected chi connectivity index (χ2v) is 6.68.